The zero-order valence-electron chi connectivity index (χ0n) is 54.4. The van der Waals surface area contributed by atoms with Gasteiger partial charge in [-0.1, -0.05) is 267 Å². The molecule has 0 aromatic carbocycles. The van der Waals surface area contributed by atoms with Crippen LogP contribution in [0.15, 0.2) is 0 Å². The van der Waals surface area contributed by atoms with E-state index in [-0.39, 0.29) is 25.7 Å². The molecule has 0 bridgehead atoms. The standard InChI is InChI=1S/C65H126O17P2/c1-8-10-11-12-13-14-15-16-17-18-19-20-21-22-34-41-48-64(69)81-60(52-76-63(68)47-40-33-28-25-31-38-45-58(7)9-2)54-79-83(71,72)77-50-59(66)51-78-84(73,74)80-55-61(82-65(70)49-42-35-27-24-30-37-44-57(5)6)53-75-62(67)46-39-32-26-23-29-36-43-56(3)4/h56-61,66H,8-55H2,1-7H3,(H,71,72)(H,73,74)/t58?,59-,60-,61-/m1/s1. The molecule has 17 nitrogen and oxygen atoms in total. The van der Waals surface area contributed by atoms with Gasteiger partial charge in [0.2, 0.25) is 0 Å². The van der Waals surface area contributed by atoms with Crippen molar-refractivity contribution >= 4 is 39.5 Å². The highest BCUT2D eigenvalue weighted by Gasteiger charge is 2.30. The monoisotopic (exact) mass is 1240 g/mol. The Hall–Kier alpha value is -1.94. The molecule has 0 aliphatic rings. The number of hydrogen-bond acceptors (Lipinski definition) is 15. The Morgan fingerprint density at radius 3 is 0.905 bits per heavy atom. The van der Waals surface area contributed by atoms with E-state index in [1.54, 1.807) is 0 Å². The molecule has 6 atom stereocenters. The van der Waals surface area contributed by atoms with E-state index < -0.39 is 97.5 Å². The first-order valence-corrected chi connectivity index (χ1v) is 36.9. The summed E-state index contributed by atoms with van der Waals surface area (Å²) in [5.41, 5.74) is 0. The molecule has 3 N–H and O–H groups in total. The van der Waals surface area contributed by atoms with Crippen LogP contribution in [0.5, 0.6) is 0 Å². The molecule has 0 aliphatic carbocycles. The Kier molecular flexibility index (Phi) is 55.0. The third-order valence-electron chi connectivity index (χ3n) is 15.2. The van der Waals surface area contributed by atoms with Crippen molar-refractivity contribution < 1.29 is 80.2 Å². The lowest BCUT2D eigenvalue weighted by Gasteiger charge is -2.21. The normalized spacial score (nSPS) is 14.7. The van der Waals surface area contributed by atoms with Gasteiger partial charge in [0.1, 0.15) is 19.3 Å². The fraction of sp³-hybridized carbons (Fsp3) is 0.938. The second-order valence-corrected chi connectivity index (χ2v) is 27.6. The van der Waals surface area contributed by atoms with E-state index in [9.17, 15) is 43.2 Å². The summed E-state index contributed by atoms with van der Waals surface area (Å²) >= 11 is 0. The smallest absolute Gasteiger partial charge is 0.462 e. The average molecular weight is 1240 g/mol. The first-order chi connectivity index (χ1) is 40.3. The summed E-state index contributed by atoms with van der Waals surface area (Å²) in [7, 11) is -9.89. The van der Waals surface area contributed by atoms with E-state index in [0.29, 0.717) is 37.5 Å². The van der Waals surface area contributed by atoms with Gasteiger partial charge in [-0.25, -0.2) is 9.13 Å². The number of unbranched alkanes of at least 4 members (excludes halogenated alkanes) is 30. The summed E-state index contributed by atoms with van der Waals surface area (Å²) in [5.74, 6) is -0.0610. The van der Waals surface area contributed by atoms with Crippen molar-refractivity contribution in [2.24, 2.45) is 17.8 Å². The molecule has 498 valence electrons. The molecule has 3 unspecified atom stereocenters. The predicted molar refractivity (Wildman–Crippen MR) is 335 cm³/mol. The Bertz CT molecular complexity index is 1670. The molecule has 0 aromatic rings. The van der Waals surface area contributed by atoms with Crippen LogP contribution in [-0.4, -0.2) is 96.7 Å². The highest BCUT2D eigenvalue weighted by molar-refractivity contribution is 7.47. The third kappa shape index (κ3) is 57.8. The molecule has 0 heterocycles. The molecule has 19 heteroatoms. The summed E-state index contributed by atoms with van der Waals surface area (Å²) in [6.07, 6.45) is 38.0. The van der Waals surface area contributed by atoms with Crippen molar-refractivity contribution in [2.45, 2.75) is 336 Å². The molecule has 0 aliphatic heterocycles. The molecular formula is C65H126O17P2. The predicted octanol–water partition coefficient (Wildman–Crippen LogP) is 17.9. The van der Waals surface area contributed by atoms with Crippen molar-refractivity contribution in [1.82, 2.24) is 0 Å². The Labute approximate surface area is 511 Å². The van der Waals surface area contributed by atoms with Gasteiger partial charge in [-0.05, 0) is 43.4 Å². The molecule has 0 spiro atoms. The molecular weight excluding hydrogens is 1110 g/mol. The molecule has 0 aromatic heterocycles. The van der Waals surface area contributed by atoms with E-state index in [0.717, 1.165) is 109 Å². The maximum atomic E-state index is 13.0. The minimum Gasteiger partial charge on any atom is -0.462 e. The molecule has 0 amide bonds. The van der Waals surface area contributed by atoms with Crippen molar-refractivity contribution in [3.63, 3.8) is 0 Å². The maximum Gasteiger partial charge on any atom is 0.472 e. The summed E-state index contributed by atoms with van der Waals surface area (Å²) in [6.45, 7) is 11.6. The van der Waals surface area contributed by atoms with Crippen LogP contribution in [0.3, 0.4) is 0 Å². The van der Waals surface area contributed by atoms with E-state index in [1.807, 2.05) is 0 Å². The van der Waals surface area contributed by atoms with Gasteiger partial charge in [0.15, 0.2) is 12.2 Å². The first kappa shape index (κ1) is 82.1. The first-order valence-electron chi connectivity index (χ1n) is 33.9. The maximum absolute atomic E-state index is 13.0. The van der Waals surface area contributed by atoms with Crippen molar-refractivity contribution in [3.8, 4) is 0 Å². The highest BCUT2D eigenvalue weighted by Crippen LogP contribution is 2.45. The lowest BCUT2D eigenvalue weighted by atomic mass is 10.00. The molecule has 0 saturated carbocycles. The number of rotatable bonds is 63. The van der Waals surface area contributed by atoms with Gasteiger partial charge < -0.3 is 33.8 Å². The van der Waals surface area contributed by atoms with Gasteiger partial charge in [-0.2, -0.15) is 0 Å². The van der Waals surface area contributed by atoms with Gasteiger partial charge >= 0.3 is 39.5 Å². The van der Waals surface area contributed by atoms with E-state index in [2.05, 4.69) is 48.5 Å². The van der Waals surface area contributed by atoms with Crippen LogP contribution in [-0.2, 0) is 65.4 Å². The van der Waals surface area contributed by atoms with Gasteiger partial charge in [-0.15, -0.1) is 0 Å². The summed E-state index contributed by atoms with van der Waals surface area (Å²) in [6, 6.07) is 0. The van der Waals surface area contributed by atoms with Crippen molar-refractivity contribution in [3.05, 3.63) is 0 Å². The topological polar surface area (TPSA) is 237 Å². The number of carbonyl (C=O) groups is 4. The summed E-state index contributed by atoms with van der Waals surface area (Å²) in [5, 5.41) is 10.5. The number of aliphatic hydroxyl groups is 1. The van der Waals surface area contributed by atoms with Crippen LogP contribution in [0.25, 0.3) is 0 Å². The third-order valence-corrected chi connectivity index (χ3v) is 17.1. The van der Waals surface area contributed by atoms with Gasteiger partial charge in [0, 0.05) is 25.7 Å². The summed E-state index contributed by atoms with van der Waals surface area (Å²) in [4.78, 5) is 72.2. The highest BCUT2D eigenvalue weighted by atomic mass is 31.2. The number of esters is 4. The second-order valence-electron chi connectivity index (χ2n) is 24.7. The van der Waals surface area contributed by atoms with E-state index >= 15 is 0 Å². The fourth-order valence-electron chi connectivity index (χ4n) is 9.62. The number of phosphoric acid groups is 2. The number of ether oxygens (including phenoxy) is 4. The van der Waals surface area contributed by atoms with Gasteiger partial charge in [-0.3, -0.25) is 37.3 Å². The number of aliphatic hydroxyl groups excluding tert-OH is 1. The SMILES string of the molecule is CCCCCCCCCCCCCCCCCCC(=O)O[C@H](COC(=O)CCCCCCCCC(C)CC)COP(=O)(O)OC[C@@H](O)COP(=O)(O)OC[C@@H](COC(=O)CCCCCCCCC(C)C)OC(=O)CCCCCCCCC(C)C. The Balaban J connectivity index is 5.22. The lowest BCUT2D eigenvalue weighted by molar-refractivity contribution is -0.161. The van der Waals surface area contributed by atoms with Crippen LogP contribution in [0.1, 0.15) is 318 Å². The molecule has 0 saturated heterocycles. The Morgan fingerprint density at radius 2 is 0.607 bits per heavy atom. The molecule has 0 radical (unpaired) electrons. The van der Waals surface area contributed by atoms with E-state index in [1.165, 1.54) is 116 Å². The van der Waals surface area contributed by atoms with Crippen LogP contribution in [0.4, 0.5) is 0 Å². The quantitative estimate of drug-likeness (QED) is 0.0222. The average Bonchev–Trinajstić information content (AvgIpc) is 3.54. The molecule has 0 rings (SSSR count). The van der Waals surface area contributed by atoms with Crippen LogP contribution in [0, 0.1) is 17.8 Å². The second kappa shape index (κ2) is 56.3. The zero-order chi connectivity index (χ0) is 62.4. The largest absolute Gasteiger partial charge is 0.472 e. The fourth-order valence-corrected chi connectivity index (χ4v) is 11.2. The molecule has 84 heavy (non-hydrogen) atoms. The van der Waals surface area contributed by atoms with Crippen LogP contribution < -0.4 is 0 Å². The van der Waals surface area contributed by atoms with Crippen molar-refractivity contribution in [2.75, 3.05) is 39.6 Å². The number of hydrogen-bond donors (Lipinski definition) is 3. The lowest BCUT2D eigenvalue weighted by Crippen LogP contribution is -2.30. The Morgan fingerprint density at radius 1 is 0.345 bits per heavy atom. The van der Waals surface area contributed by atoms with Crippen LogP contribution >= 0.6 is 15.6 Å². The summed E-state index contributed by atoms with van der Waals surface area (Å²) < 4.78 is 68.0. The number of carbonyl (C=O) groups excluding carboxylic acids is 4. The minimum absolute atomic E-state index is 0.101. The van der Waals surface area contributed by atoms with Crippen LogP contribution in [0.2, 0.25) is 0 Å². The minimum atomic E-state index is -4.95. The van der Waals surface area contributed by atoms with E-state index in [4.69, 9.17) is 37.0 Å². The van der Waals surface area contributed by atoms with Gasteiger partial charge in [0.05, 0.1) is 26.4 Å². The number of phosphoric ester groups is 2. The zero-order valence-corrected chi connectivity index (χ0v) is 56.1. The molecule has 0 fully saturated rings. The van der Waals surface area contributed by atoms with Gasteiger partial charge in [0.25, 0.3) is 0 Å². The van der Waals surface area contributed by atoms with Crippen molar-refractivity contribution in [1.29, 1.82) is 0 Å².